The Hall–Kier alpha value is -2.26. The number of H-pyrrole nitrogens is 1. The van der Waals surface area contributed by atoms with E-state index >= 15 is 0 Å². The normalized spacial score (nSPS) is 10.8. The first-order chi connectivity index (χ1) is 10.1. The largest absolute Gasteiger partial charge is 0.377 e. The van der Waals surface area contributed by atoms with Crippen LogP contribution >= 0.6 is 11.6 Å². The Morgan fingerprint density at radius 2 is 2.05 bits per heavy atom. The van der Waals surface area contributed by atoms with Crippen molar-refractivity contribution >= 4 is 34.0 Å². The van der Waals surface area contributed by atoms with E-state index in [0.717, 1.165) is 22.2 Å². The highest BCUT2D eigenvalue weighted by Crippen LogP contribution is 2.21. The summed E-state index contributed by atoms with van der Waals surface area (Å²) >= 11 is 5.98. The number of hydrogen-bond donors (Lipinski definition) is 2. The minimum atomic E-state index is 0.0480. The van der Waals surface area contributed by atoms with Gasteiger partial charge in [-0.3, -0.25) is 4.79 Å². The molecule has 0 aliphatic heterocycles. The Balaban J connectivity index is 1.79. The minimum absolute atomic E-state index is 0.0480. The number of rotatable bonds is 4. The second kappa shape index (κ2) is 5.62. The van der Waals surface area contributed by atoms with E-state index in [9.17, 15) is 4.79 Å². The number of Topliss-reactive ketones (excluding diaryl/α,β-unsaturated/α-hetero) is 1. The van der Waals surface area contributed by atoms with Gasteiger partial charge < -0.3 is 10.3 Å². The van der Waals surface area contributed by atoms with Gasteiger partial charge in [-0.05, 0) is 30.7 Å². The van der Waals surface area contributed by atoms with Crippen molar-refractivity contribution in [2.24, 2.45) is 0 Å². The molecule has 1 aromatic heterocycles. The van der Waals surface area contributed by atoms with E-state index < -0.39 is 0 Å². The molecule has 3 aromatic rings. The van der Waals surface area contributed by atoms with Gasteiger partial charge in [-0.2, -0.15) is 0 Å². The van der Waals surface area contributed by atoms with Crippen LogP contribution in [0.2, 0.25) is 5.02 Å². The van der Waals surface area contributed by atoms with Crippen LogP contribution in [-0.2, 0) is 0 Å². The highest BCUT2D eigenvalue weighted by Gasteiger charge is 2.11. The summed E-state index contributed by atoms with van der Waals surface area (Å²) in [6.45, 7) is 2.22. The third-order valence-corrected chi connectivity index (χ3v) is 3.76. The highest BCUT2D eigenvalue weighted by atomic mass is 35.5. The number of aromatic nitrogens is 1. The van der Waals surface area contributed by atoms with E-state index in [-0.39, 0.29) is 12.3 Å². The molecule has 0 aliphatic carbocycles. The van der Waals surface area contributed by atoms with Crippen LogP contribution in [0.5, 0.6) is 0 Å². The minimum Gasteiger partial charge on any atom is -0.377 e. The molecule has 106 valence electrons. The number of aryl methyl sites for hydroxylation is 1. The number of nitrogens with one attached hydrogen (secondary N) is 2. The van der Waals surface area contributed by atoms with E-state index in [0.29, 0.717) is 10.6 Å². The molecule has 0 bridgehead atoms. The maximum atomic E-state index is 12.4. The molecule has 0 amide bonds. The van der Waals surface area contributed by atoms with Crippen molar-refractivity contribution in [2.75, 3.05) is 11.9 Å². The Bertz CT molecular complexity index is 807. The first-order valence-electron chi connectivity index (χ1n) is 6.74. The molecular weight excluding hydrogens is 284 g/mol. The molecule has 0 saturated heterocycles. The van der Waals surface area contributed by atoms with Crippen LogP contribution < -0.4 is 5.32 Å². The number of fused-ring (bicyclic) bond motifs is 1. The molecule has 2 aromatic carbocycles. The maximum Gasteiger partial charge on any atom is 0.183 e. The second-order valence-corrected chi connectivity index (χ2v) is 5.42. The fraction of sp³-hybridized carbons (Fsp3) is 0.118. The van der Waals surface area contributed by atoms with E-state index in [1.54, 1.807) is 6.20 Å². The lowest BCUT2D eigenvalue weighted by atomic mass is 10.1. The van der Waals surface area contributed by atoms with Crippen molar-refractivity contribution in [3.05, 3.63) is 64.8 Å². The number of benzene rings is 2. The molecule has 0 radical (unpaired) electrons. The third-order valence-electron chi connectivity index (χ3n) is 3.53. The van der Waals surface area contributed by atoms with Crippen LogP contribution in [0.15, 0.2) is 48.7 Å². The molecule has 0 unspecified atom stereocenters. The van der Waals surface area contributed by atoms with Gasteiger partial charge in [0.15, 0.2) is 5.78 Å². The summed E-state index contributed by atoms with van der Waals surface area (Å²) in [4.78, 5) is 15.5. The molecular formula is C17H15ClN2O. The third kappa shape index (κ3) is 2.78. The molecule has 21 heavy (non-hydrogen) atoms. The average molecular weight is 299 g/mol. The molecule has 0 saturated carbocycles. The Morgan fingerprint density at radius 1 is 1.24 bits per heavy atom. The molecule has 0 atom stereocenters. The average Bonchev–Trinajstić information content (AvgIpc) is 2.92. The van der Waals surface area contributed by atoms with Gasteiger partial charge in [-0.15, -0.1) is 0 Å². The lowest BCUT2D eigenvalue weighted by molar-refractivity contribution is 0.101. The SMILES string of the molecule is Cc1ccc(Cl)cc1NCC(=O)c1c[nH]c2ccccc12. The zero-order valence-electron chi connectivity index (χ0n) is 11.6. The quantitative estimate of drug-likeness (QED) is 0.700. The molecule has 0 aliphatic rings. The van der Waals surface area contributed by atoms with Crippen molar-refractivity contribution in [3.8, 4) is 0 Å². The lowest BCUT2D eigenvalue weighted by Gasteiger charge is -2.09. The van der Waals surface area contributed by atoms with E-state index in [1.165, 1.54) is 0 Å². The Morgan fingerprint density at radius 3 is 2.90 bits per heavy atom. The summed E-state index contributed by atoms with van der Waals surface area (Å²) in [6.07, 6.45) is 1.76. The topological polar surface area (TPSA) is 44.9 Å². The number of ketones is 1. The van der Waals surface area contributed by atoms with Gasteiger partial charge in [-0.1, -0.05) is 35.9 Å². The van der Waals surface area contributed by atoms with Crippen LogP contribution in [0, 0.1) is 6.92 Å². The van der Waals surface area contributed by atoms with Crippen LogP contribution in [0.25, 0.3) is 10.9 Å². The number of aromatic amines is 1. The molecule has 2 N–H and O–H groups in total. The van der Waals surface area contributed by atoms with Crippen molar-refractivity contribution < 1.29 is 4.79 Å². The number of carbonyl (C=O) groups excluding carboxylic acids is 1. The monoisotopic (exact) mass is 298 g/mol. The summed E-state index contributed by atoms with van der Waals surface area (Å²) in [7, 11) is 0. The summed E-state index contributed by atoms with van der Waals surface area (Å²) in [5.74, 6) is 0.0480. The first-order valence-corrected chi connectivity index (χ1v) is 7.12. The summed E-state index contributed by atoms with van der Waals surface area (Å²) in [5.41, 5.74) is 3.62. The number of para-hydroxylation sites is 1. The van der Waals surface area contributed by atoms with Crippen LogP contribution in [-0.4, -0.2) is 17.3 Å². The highest BCUT2D eigenvalue weighted by molar-refractivity contribution is 6.30. The number of halogens is 1. The van der Waals surface area contributed by atoms with E-state index in [2.05, 4.69) is 10.3 Å². The van der Waals surface area contributed by atoms with Crippen molar-refractivity contribution in [1.82, 2.24) is 4.98 Å². The Kier molecular flexibility index (Phi) is 3.67. The fourth-order valence-corrected chi connectivity index (χ4v) is 2.53. The zero-order chi connectivity index (χ0) is 14.8. The van der Waals surface area contributed by atoms with Gasteiger partial charge in [0.2, 0.25) is 0 Å². The number of anilines is 1. The number of hydrogen-bond acceptors (Lipinski definition) is 2. The molecule has 0 spiro atoms. The van der Waals surface area contributed by atoms with E-state index in [1.807, 2.05) is 49.4 Å². The predicted molar refractivity (Wildman–Crippen MR) is 87.3 cm³/mol. The molecule has 1 heterocycles. The first kappa shape index (κ1) is 13.7. The van der Waals surface area contributed by atoms with Gasteiger partial charge in [-0.25, -0.2) is 0 Å². The second-order valence-electron chi connectivity index (χ2n) is 4.98. The molecule has 0 fully saturated rings. The summed E-state index contributed by atoms with van der Waals surface area (Å²) < 4.78 is 0. The van der Waals surface area contributed by atoms with Gasteiger partial charge in [0, 0.05) is 33.4 Å². The van der Waals surface area contributed by atoms with Gasteiger partial charge >= 0.3 is 0 Å². The number of carbonyl (C=O) groups is 1. The van der Waals surface area contributed by atoms with Crippen molar-refractivity contribution in [1.29, 1.82) is 0 Å². The lowest BCUT2D eigenvalue weighted by Crippen LogP contribution is -2.14. The molecule has 4 heteroatoms. The van der Waals surface area contributed by atoms with Crippen molar-refractivity contribution in [3.63, 3.8) is 0 Å². The van der Waals surface area contributed by atoms with Crippen molar-refractivity contribution in [2.45, 2.75) is 6.92 Å². The predicted octanol–water partition coefficient (Wildman–Crippen LogP) is 4.42. The van der Waals surface area contributed by atoms with Crippen LogP contribution in [0.1, 0.15) is 15.9 Å². The van der Waals surface area contributed by atoms with Gasteiger partial charge in [0.05, 0.1) is 6.54 Å². The Labute approximate surface area is 127 Å². The van der Waals surface area contributed by atoms with Crippen LogP contribution in [0.4, 0.5) is 5.69 Å². The smallest absolute Gasteiger partial charge is 0.183 e. The maximum absolute atomic E-state index is 12.4. The summed E-state index contributed by atoms with van der Waals surface area (Å²) in [6, 6.07) is 13.4. The molecule has 3 rings (SSSR count). The van der Waals surface area contributed by atoms with Gasteiger partial charge in [0.1, 0.15) is 0 Å². The molecule has 3 nitrogen and oxygen atoms in total. The summed E-state index contributed by atoms with van der Waals surface area (Å²) in [5, 5.41) is 4.76. The fourth-order valence-electron chi connectivity index (χ4n) is 2.36. The van der Waals surface area contributed by atoms with Crippen LogP contribution in [0.3, 0.4) is 0 Å². The van der Waals surface area contributed by atoms with Gasteiger partial charge in [0.25, 0.3) is 0 Å². The zero-order valence-corrected chi connectivity index (χ0v) is 12.4. The van der Waals surface area contributed by atoms with E-state index in [4.69, 9.17) is 11.6 Å². The standard InChI is InChI=1S/C17H15ClN2O/c1-11-6-7-12(18)8-16(11)20-10-17(21)14-9-19-15-5-3-2-4-13(14)15/h2-9,19-20H,10H2,1H3.